The summed E-state index contributed by atoms with van der Waals surface area (Å²) in [4.78, 5) is 2.18. The molecule has 5 nitrogen and oxygen atoms in total. The van der Waals surface area contributed by atoms with E-state index in [0.29, 0.717) is 13.1 Å². The third-order valence-corrected chi connectivity index (χ3v) is 3.29. The highest BCUT2D eigenvalue weighted by Crippen LogP contribution is 2.09. The van der Waals surface area contributed by atoms with E-state index in [9.17, 15) is 8.76 Å². The highest BCUT2D eigenvalue weighted by atomic mass is 32.2. The van der Waals surface area contributed by atoms with Gasteiger partial charge in [0.25, 0.3) is 0 Å². The second-order valence-corrected chi connectivity index (χ2v) is 4.45. The highest BCUT2D eigenvalue weighted by molar-refractivity contribution is 7.76. The van der Waals surface area contributed by atoms with E-state index in [1.54, 1.807) is 6.26 Å². The zero-order valence-electron chi connectivity index (χ0n) is 8.30. The first-order valence-corrected chi connectivity index (χ1v) is 5.88. The smallest absolute Gasteiger partial charge is 0.117 e. The summed E-state index contributed by atoms with van der Waals surface area (Å²) in [6.45, 7) is 3.41. The van der Waals surface area contributed by atoms with E-state index in [-0.39, 0.29) is 0 Å². The SMILES string of the molecule is O=S([O-])N1CCN(Cc2ccco2)CC1. The zero-order chi connectivity index (χ0) is 10.7. The highest BCUT2D eigenvalue weighted by Gasteiger charge is 2.17. The number of hydrogen-bond acceptors (Lipinski definition) is 4. The van der Waals surface area contributed by atoms with Crippen molar-refractivity contribution in [2.24, 2.45) is 0 Å². The monoisotopic (exact) mass is 229 g/mol. The molecule has 2 rings (SSSR count). The van der Waals surface area contributed by atoms with Crippen molar-refractivity contribution >= 4 is 11.3 Å². The van der Waals surface area contributed by atoms with Crippen LogP contribution in [0.1, 0.15) is 5.76 Å². The van der Waals surface area contributed by atoms with Gasteiger partial charge in [-0.2, -0.15) is 0 Å². The van der Waals surface area contributed by atoms with E-state index >= 15 is 0 Å². The lowest BCUT2D eigenvalue weighted by Crippen LogP contribution is -2.46. The minimum Gasteiger partial charge on any atom is -0.760 e. The van der Waals surface area contributed by atoms with Gasteiger partial charge in [0, 0.05) is 37.4 Å². The number of hydrogen-bond donors (Lipinski definition) is 0. The molecule has 0 saturated carbocycles. The fraction of sp³-hybridized carbons (Fsp3) is 0.556. The molecule has 0 radical (unpaired) electrons. The molecule has 2 heterocycles. The van der Waals surface area contributed by atoms with Crippen LogP contribution in [0, 0.1) is 0 Å². The molecule has 6 heteroatoms. The predicted molar refractivity (Wildman–Crippen MR) is 54.5 cm³/mol. The van der Waals surface area contributed by atoms with Crippen LogP contribution in [0.15, 0.2) is 22.8 Å². The van der Waals surface area contributed by atoms with E-state index in [2.05, 4.69) is 4.90 Å². The van der Waals surface area contributed by atoms with E-state index < -0.39 is 11.3 Å². The molecule has 0 N–H and O–H groups in total. The molecule has 1 atom stereocenters. The molecule has 0 amide bonds. The Balaban J connectivity index is 1.81. The number of furan rings is 1. The van der Waals surface area contributed by atoms with Gasteiger partial charge in [0.15, 0.2) is 0 Å². The number of rotatable bonds is 3. The van der Waals surface area contributed by atoms with E-state index in [0.717, 1.165) is 25.4 Å². The quantitative estimate of drug-likeness (QED) is 0.694. The summed E-state index contributed by atoms with van der Waals surface area (Å²) in [5.41, 5.74) is 0. The van der Waals surface area contributed by atoms with Crippen molar-refractivity contribution < 1.29 is 13.2 Å². The van der Waals surface area contributed by atoms with E-state index in [1.807, 2.05) is 12.1 Å². The van der Waals surface area contributed by atoms with Gasteiger partial charge in [0.2, 0.25) is 0 Å². The van der Waals surface area contributed by atoms with Gasteiger partial charge in [-0.25, -0.2) is 4.31 Å². The van der Waals surface area contributed by atoms with Gasteiger partial charge in [-0.3, -0.25) is 9.11 Å². The van der Waals surface area contributed by atoms with Crippen LogP contribution in [0.25, 0.3) is 0 Å². The summed E-state index contributed by atoms with van der Waals surface area (Å²) >= 11 is -2.07. The van der Waals surface area contributed by atoms with Crippen molar-refractivity contribution in [1.82, 2.24) is 9.21 Å². The number of piperazine rings is 1. The lowest BCUT2D eigenvalue weighted by molar-refractivity contribution is 0.169. The van der Waals surface area contributed by atoms with Crippen molar-refractivity contribution in [2.75, 3.05) is 26.2 Å². The first kappa shape index (κ1) is 10.8. The van der Waals surface area contributed by atoms with Gasteiger partial charge in [-0.05, 0) is 12.1 Å². The fourth-order valence-electron chi connectivity index (χ4n) is 1.66. The Morgan fingerprint density at radius 2 is 2.13 bits per heavy atom. The topological polar surface area (TPSA) is 59.8 Å². The average Bonchev–Trinajstić information content (AvgIpc) is 2.71. The zero-order valence-corrected chi connectivity index (χ0v) is 9.11. The standard InChI is InChI=1S/C9H14N2O3S/c12-15(13)11-5-3-10(4-6-11)8-9-2-1-7-14-9/h1-2,7H,3-6,8H2,(H,12,13)/p-1. The maximum absolute atomic E-state index is 10.7. The summed E-state index contributed by atoms with van der Waals surface area (Å²) in [5.74, 6) is 0.923. The molecule has 15 heavy (non-hydrogen) atoms. The molecule has 0 spiro atoms. The normalized spacial score (nSPS) is 21.7. The van der Waals surface area contributed by atoms with Crippen molar-refractivity contribution in [1.29, 1.82) is 0 Å². The molecular weight excluding hydrogens is 216 g/mol. The predicted octanol–water partition coefficient (Wildman–Crippen LogP) is 0.191. The molecule has 1 saturated heterocycles. The van der Waals surface area contributed by atoms with Gasteiger partial charge < -0.3 is 8.97 Å². The maximum Gasteiger partial charge on any atom is 0.117 e. The average molecular weight is 229 g/mol. The van der Waals surface area contributed by atoms with Gasteiger partial charge in [0.1, 0.15) is 5.76 Å². The van der Waals surface area contributed by atoms with Crippen molar-refractivity contribution in [3.05, 3.63) is 24.2 Å². The minimum absolute atomic E-state index is 0.566. The largest absolute Gasteiger partial charge is 0.760 e. The summed E-state index contributed by atoms with van der Waals surface area (Å²) in [7, 11) is 0. The van der Waals surface area contributed by atoms with Crippen LogP contribution >= 0.6 is 0 Å². The number of nitrogens with zero attached hydrogens (tertiary/aromatic N) is 2. The van der Waals surface area contributed by atoms with Gasteiger partial charge in [-0.1, -0.05) is 0 Å². The Morgan fingerprint density at radius 3 is 2.67 bits per heavy atom. The third kappa shape index (κ3) is 2.88. The van der Waals surface area contributed by atoms with Crippen molar-refractivity contribution in [2.45, 2.75) is 6.54 Å². The van der Waals surface area contributed by atoms with Crippen LogP contribution in [-0.4, -0.2) is 44.1 Å². The van der Waals surface area contributed by atoms with Crippen molar-refractivity contribution in [3.8, 4) is 0 Å². The van der Waals surface area contributed by atoms with Crippen LogP contribution in [0.2, 0.25) is 0 Å². The second kappa shape index (κ2) is 4.89. The fourth-order valence-corrected chi connectivity index (χ4v) is 2.12. The lowest BCUT2D eigenvalue weighted by atomic mass is 10.3. The molecular formula is C9H13N2O3S-. The van der Waals surface area contributed by atoms with Crippen LogP contribution in [0.3, 0.4) is 0 Å². The third-order valence-electron chi connectivity index (χ3n) is 2.50. The molecule has 1 fully saturated rings. The van der Waals surface area contributed by atoms with Gasteiger partial charge in [0.05, 0.1) is 12.8 Å². The first-order valence-electron chi connectivity index (χ1n) is 4.85. The van der Waals surface area contributed by atoms with Crippen LogP contribution in [0.4, 0.5) is 0 Å². The Morgan fingerprint density at radius 1 is 1.40 bits per heavy atom. The molecule has 0 aromatic carbocycles. The van der Waals surface area contributed by atoms with Gasteiger partial charge in [-0.15, -0.1) is 0 Å². The Hall–Kier alpha value is -0.690. The summed E-state index contributed by atoms with van der Waals surface area (Å²) < 4.78 is 28.0. The second-order valence-electron chi connectivity index (χ2n) is 3.50. The molecule has 1 aliphatic rings. The molecule has 1 aromatic heterocycles. The molecule has 84 valence electrons. The molecule has 1 unspecified atom stereocenters. The van der Waals surface area contributed by atoms with Crippen LogP contribution in [0.5, 0.6) is 0 Å². The van der Waals surface area contributed by atoms with Crippen LogP contribution in [-0.2, 0) is 17.8 Å². The van der Waals surface area contributed by atoms with Crippen molar-refractivity contribution in [3.63, 3.8) is 0 Å². The molecule has 0 bridgehead atoms. The Kier molecular flexibility index (Phi) is 3.53. The lowest BCUT2D eigenvalue weighted by Gasteiger charge is -2.34. The minimum atomic E-state index is -2.07. The molecule has 1 aliphatic heterocycles. The summed E-state index contributed by atoms with van der Waals surface area (Å²) in [6.07, 6.45) is 1.65. The Labute approximate surface area is 91.1 Å². The summed E-state index contributed by atoms with van der Waals surface area (Å²) in [6, 6.07) is 3.79. The first-order chi connectivity index (χ1) is 7.25. The maximum atomic E-state index is 10.7. The Bertz CT molecular complexity index is 320. The van der Waals surface area contributed by atoms with Crippen LogP contribution < -0.4 is 0 Å². The summed E-state index contributed by atoms with van der Waals surface area (Å²) in [5, 5.41) is 0. The van der Waals surface area contributed by atoms with Gasteiger partial charge >= 0.3 is 0 Å². The van der Waals surface area contributed by atoms with E-state index in [1.165, 1.54) is 4.31 Å². The molecule has 1 aromatic rings. The van der Waals surface area contributed by atoms with E-state index in [4.69, 9.17) is 4.42 Å². The molecule has 0 aliphatic carbocycles.